The summed E-state index contributed by atoms with van der Waals surface area (Å²) in [7, 11) is 0. The van der Waals surface area contributed by atoms with Crippen LogP contribution in [-0.4, -0.2) is 6.61 Å². The van der Waals surface area contributed by atoms with Gasteiger partial charge in [-0.2, -0.15) is 0 Å². The lowest BCUT2D eigenvalue weighted by Crippen LogP contribution is -2.09. The predicted molar refractivity (Wildman–Crippen MR) is 112 cm³/mol. The molecule has 138 valence electrons. The Balaban J connectivity index is 1.87. The normalized spacial score (nSPS) is 11.3. The van der Waals surface area contributed by atoms with Crippen molar-refractivity contribution in [3.63, 3.8) is 0 Å². The standard InChI is InChI=1S/C25H26O2/c1-18-10-8-14-24(20(18)3)26-17-23(16-22-12-6-5-7-13-22)27-25-15-9-11-19(2)21(25)4/h5-16H,17H2,1-4H3/b23-16+. The minimum atomic E-state index is 0.368. The Bertz CT molecular complexity index is 940. The maximum absolute atomic E-state index is 6.26. The molecule has 3 rings (SSSR count). The van der Waals surface area contributed by atoms with Gasteiger partial charge in [-0.05, 0) is 73.7 Å². The Morgan fingerprint density at radius 1 is 0.704 bits per heavy atom. The lowest BCUT2D eigenvalue weighted by Gasteiger charge is -2.16. The maximum Gasteiger partial charge on any atom is 0.146 e. The van der Waals surface area contributed by atoms with E-state index in [9.17, 15) is 0 Å². The van der Waals surface area contributed by atoms with E-state index in [4.69, 9.17) is 9.47 Å². The quantitative estimate of drug-likeness (QED) is 0.473. The third-order valence-electron chi connectivity index (χ3n) is 4.85. The molecule has 0 amide bonds. The summed E-state index contributed by atoms with van der Waals surface area (Å²) in [6, 6.07) is 22.4. The minimum Gasteiger partial charge on any atom is -0.485 e. The van der Waals surface area contributed by atoms with Gasteiger partial charge in [0.15, 0.2) is 0 Å². The molecule has 0 N–H and O–H groups in total. The summed E-state index contributed by atoms with van der Waals surface area (Å²) in [4.78, 5) is 0. The summed E-state index contributed by atoms with van der Waals surface area (Å²) in [6.45, 7) is 8.71. The molecule has 0 fully saturated rings. The predicted octanol–water partition coefficient (Wildman–Crippen LogP) is 6.42. The maximum atomic E-state index is 6.26. The van der Waals surface area contributed by atoms with Gasteiger partial charge in [-0.25, -0.2) is 0 Å². The lowest BCUT2D eigenvalue weighted by molar-refractivity contribution is 0.281. The molecule has 2 nitrogen and oxygen atoms in total. The Labute approximate surface area is 162 Å². The summed E-state index contributed by atoms with van der Waals surface area (Å²) in [5.41, 5.74) is 5.81. The van der Waals surface area contributed by atoms with Gasteiger partial charge >= 0.3 is 0 Å². The van der Waals surface area contributed by atoms with Crippen LogP contribution >= 0.6 is 0 Å². The average molecular weight is 358 g/mol. The largest absolute Gasteiger partial charge is 0.485 e. The van der Waals surface area contributed by atoms with Crippen LogP contribution in [0.4, 0.5) is 0 Å². The molecule has 3 aromatic carbocycles. The number of ether oxygens (including phenoxy) is 2. The number of hydrogen-bond donors (Lipinski definition) is 0. The monoisotopic (exact) mass is 358 g/mol. The van der Waals surface area contributed by atoms with Crippen LogP contribution in [0, 0.1) is 27.7 Å². The number of benzene rings is 3. The molecular weight excluding hydrogens is 332 g/mol. The molecule has 0 heterocycles. The first kappa shape index (κ1) is 18.8. The second kappa shape index (κ2) is 8.59. The van der Waals surface area contributed by atoms with Crippen molar-refractivity contribution in [3.05, 3.63) is 100 Å². The molecule has 27 heavy (non-hydrogen) atoms. The van der Waals surface area contributed by atoms with E-state index in [1.165, 1.54) is 11.1 Å². The molecule has 0 aliphatic rings. The molecular formula is C25H26O2. The third-order valence-corrected chi connectivity index (χ3v) is 4.85. The van der Waals surface area contributed by atoms with Gasteiger partial charge in [0.25, 0.3) is 0 Å². The summed E-state index contributed by atoms with van der Waals surface area (Å²) in [5.74, 6) is 2.52. The second-order valence-corrected chi connectivity index (χ2v) is 6.81. The van der Waals surface area contributed by atoms with Crippen LogP contribution in [0.3, 0.4) is 0 Å². The van der Waals surface area contributed by atoms with Gasteiger partial charge in [-0.3, -0.25) is 0 Å². The highest BCUT2D eigenvalue weighted by molar-refractivity contribution is 5.53. The van der Waals surface area contributed by atoms with Crippen molar-refractivity contribution in [3.8, 4) is 11.5 Å². The molecule has 0 aliphatic carbocycles. The topological polar surface area (TPSA) is 18.5 Å². The van der Waals surface area contributed by atoms with Gasteiger partial charge < -0.3 is 9.47 Å². The van der Waals surface area contributed by atoms with Crippen molar-refractivity contribution >= 4 is 6.08 Å². The van der Waals surface area contributed by atoms with Gasteiger partial charge in [-0.1, -0.05) is 54.6 Å². The first-order valence-corrected chi connectivity index (χ1v) is 9.23. The van der Waals surface area contributed by atoms with E-state index in [0.717, 1.165) is 33.9 Å². The van der Waals surface area contributed by atoms with Crippen molar-refractivity contribution in [2.45, 2.75) is 27.7 Å². The minimum absolute atomic E-state index is 0.368. The van der Waals surface area contributed by atoms with E-state index in [1.807, 2.05) is 48.5 Å². The van der Waals surface area contributed by atoms with Crippen LogP contribution in [-0.2, 0) is 0 Å². The van der Waals surface area contributed by atoms with Crippen molar-refractivity contribution < 1.29 is 9.47 Å². The van der Waals surface area contributed by atoms with E-state index in [2.05, 4.69) is 52.0 Å². The number of rotatable bonds is 6. The molecule has 2 heteroatoms. The molecule has 0 unspecified atom stereocenters. The van der Waals surface area contributed by atoms with Crippen molar-refractivity contribution in [1.29, 1.82) is 0 Å². The fraction of sp³-hybridized carbons (Fsp3) is 0.200. The zero-order chi connectivity index (χ0) is 19.2. The fourth-order valence-corrected chi connectivity index (χ4v) is 2.84. The van der Waals surface area contributed by atoms with Gasteiger partial charge in [-0.15, -0.1) is 0 Å². The fourth-order valence-electron chi connectivity index (χ4n) is 2.84. The summed E-state index contributed by atoms with van der Waals surface area (Å²) < 4.78 is 12.4. The molecule has 0 saturated heterocycles. The van der Waals surface area contributed by atoms with Gasteiger partial charge in [0.05, 0.1) is 0 Å². The van der Waals surface area contributed by atoms with Crippen LogP contribution in [0.2, 0.25) is 0 Å². The SMILES string of the molecule is Cc1cccc(OC/C(=C\c2ccccc2)Oc2cccc(C)c2C)c1C. The molecule has 0 aliphatic heterocycles. The Morgan fingerprint density at radius 2 is 1.30 bits per heavy atom. The van der Waals surface area contributed by atoms with E-state index >= 15 is 0 Å². The van der Waals surface area contributed by atoms with Gasteiger partial charge in [0, 0.05) is 0 Å². The summed E-state index contributed by atoms with van der Waals surface area (Å²) in [6.07, 6.45) is 2.03. The highest BCUT2D eigenvalue weighted by Crippen LogP contribution is 2.25. The molecule has 0 aromatic heterocycles. The number of hydrogen-bond acceptors (Lipinski definition) is 2. The van der Waals surface area contributed by atoms with E-state index in [-0.39, 0.29) is 0 Å². The molecule has 0 spiro atoms. The van der Waals surface area contributed by atoms with E-state index in [0.29, 0.717) is 6.61 Å². The Hall–Kier alpha value is -3.00. The molecule has 0 radical (unpaired) electrons. The van der Waals surface area contributed by atoms with Crippen LogP contribution in [0.25, 0.3) is 6.08 Å². The Morgan fingerprint density at radius 3 is 1.96 bits per heavy atom. The van der Waals surface area contributed by atoms with Gasteiger partial charge in [0.2, 0.25) is 0 Å². The molecule has 0 atom stereocenters. The van der Waals surface area contributed by atoms with E-state index < -0.39 is 0 Å². The second-order valence-electron chi connectivity index (χ2n) is 6.81. The third kappa shape index (κ3) is 4.79. The molecule has 3 aromatic rings. The molecule has 0 saturated carbocycles. The highest BCUT2D eigenvalue weighted by Gasteiger charge is 2.09. The zero-order valence-corrected chi connectivity index (χ0v) is 16.5. The summed E-state index contributed by atoms with van der Waals surface area (Å²) >= 11 is 0. The summed E-state index contributed by atoms with van der Waals surface area (Å²) in [5, 5.41) is 0. The van der Waals surface area contributed by atoms with Crippen LogP contribution in [0.5, 0.6) is 11.5 Å². The first-order chi connectivity index (χ1) is 13.0. The first-order valence-electron chi connectivity index (χ1n) is 9.23. The Kier molecular flexibility index (Phi) is 5.97. The smallest absolute Gasteiger partial charge is 0.146 e. The van der Waals surface area contributed by atoms with Gasteiger partial charge in [0.1, 0.15) is 23.9 Å². The number of aryl methyl sites for hydroxylation is 2. The lowest BCUT2D eigenvalue weighted by atomic mass is 10.1. The zero-order valence-electron chi connectivity index (χ0n) is 16.5. The average Bonchev–Trinajstić information content (AvgIpc) is 2.67. The van der Waals surface area contributed by atoms with Crippen molar-refractivity contribution in [1.82, 2.24) is 0 Å². The van der Waals surface area contributed by atoms with Crippen LogP contribution in [0.1, 0.15) is 27.8 Å². The van der Waals surface area contributed by atoms with E-state index in [1.54, 1.807) is 0 Å². The highest BCUT2D eigenvalue weighted by atomic mass is 16.5. The van der Waals surface area contributed by atoms with Crippen molar-refractivity contribution in [2.24, 2.45) is 0 Å². The van der Waals surface area contributed by atoms with Crippen LogP contribution < -0.4 is 9.47 Å². The van der Waals surface area contributed by atoms with Crippen molar-refractivity contribution in [2.75, 3.05) is 6.61 Å². The van der Waals surface area contributed by atoms with Crippen LogP contribution in [0.15, 0.2) is 72.5 Å². The molecule has 0 bridgehead atoms.